The highest BCUT2D eigenvalue weighted by Gasteiger charge is 2.30. The van der Waals surface area contributed by atoms with Crippen LogP contribution in [-0.4, -0.2) is 16.2 Å². The summed E-state index contributed by atoms with van der Waals surface area (Å²) in [4.78, 5) is 4.87. The van der Waals surface area contributed by atoms with Crippen LogP contribution in [0.1, 0.15) is 36.6 Å². The lowest BCUT2D eigenvalue weighted by Gasteiger charge is -2.33. The van der Waals surface area contributed by atoms with E-state index in [2.05, 4.69) is 64.5 Å². The van der Waals surface area contributed by atoms with Gasteiger partial charge in [-0.3, -0.25) is 0 Å². The number of hydrogen-bond acceptors (Lipinski definition) is 3. The summed E-state index contributed by atoms with van der Waals surface area (Å²) in [6.45, 7) is 2.67. The second-order valence-corrected chi connectivity index (χ2v) is 7.73. The van der Waals surface area contributed by atoms with Gasteiger partial charge in [-0.15, -0.1) is 0 Å². The zero-order valence-electron chi connectivity index (χ0n) is 16.2. The van der Waals surface area contributed by atoms with Gasteiger partial charge in [-0.05, 0) is 60.9 Å². The van der Waals surface area contributed by atoms with Crippen LogP contribution in [0.2, 0.25) is 5.02 Å². The summed E-state index contributed by atoms with van der Waals surface area (Å²) in [6.07, 6.45) is 0.920. The van der Waals surface area contributed by atoms with Gasteiger partial charge in [0.25, 0.3) is 0 Å². The summed E-state index contributed by atoms with van der Waals surface area (Å²) in [5, 5.41) is 4.39. The molecule has 4 nitrogen and oxygen atoms in total. The van der Waals surface area contributed by atoms with Crippen molar-refractivity contribution >= 4 is 28.6 Å². The van der Waals surface area contributed by atoms with Crippen molar-refractivity contribution in [3.8, 4) is 5.75 Å². The van der Waals surface area contributed by atoms with Gasteiger partial charge in [-0.2, -0.15) is 0 Å². The van der Waals surface area contributed by atoms with E-state index in [4.69, 9.17) is 21.3 Å². The predicted octanol–water partition coefficient (Wildman–Crippen LogP) is 6.23. The first-order valence-electron chi connectivity index (χ1n) is 9.94. The Kier molecular flexibility index (Phi) is 4.64. The van der Waals surface area contributed by atoms with Gasteiger partial charge in [0.15, 0.2) is 0 Å². The van der Waals surface area contributed by atoms with E-state index in [0.29, 0.717) is 6.61 Å². The molecule has 0 bridgehead atoms. The largest absolute Gasteiger partial charge is 0.494 e. The Morgan fingerprint density at radius 1 is 1.00 bits per heavy atom. The van der Waals surface area contributed by atoms with Crippen molar-refractivity contribution in [1.29, 1.82) is 0 Å². The molecule has 1 aromatic heterocycles. The first-order chi connectivity index (χ1) is 14.2. The average molecular weight is 404 g/mol. The minimum Gasteiger partial charge on any atom is -0.494 e. The number of benzene rings is 3. The number of rotatable bonds is 4. The van der Waals surface area contributed by atoms with E-state index in [-0.39, 0.29) is 12.1 Å². The zero-order valence-corrected chi connectivity index (χ0v) is 16.9. The number of hydrogen-bond donors (Lipinski definition) is 1. The standard InChI is InChI=1S/C24H22ClN3O/c1-2-29-19-13-9-17(10-14-19)23-15-21(16-7-11-18(25)12-8-16)27-24-26-20-5-3-4-6-22(20)28(23)24/h3-14,21,23H,2,15H2,1H3,(H,26,27)/t21-,23+/m0/s1. The Balaban J connectivity index is 1.60. The minimum absolute atomic E-state index is 0.160. The number of nitrogens with one attached hydrogen (secondary N) is 1. The highest BCUT2D eigenvalue weighted by Crippen LogP contribution is 2.41. The third-order valence-electron chi connectivity index (χ3n) is 5.52. The monoisotopic (exact) mass is 403 g/mol. The molecular formula is C24H22ClN3O. The third kappa shape index (κ3) is 3.34. The highest BCUT2D eigenvalue weighted by molar-refractivity contribution is 6.30. The maximum Gasteiger partial charge on any atom is 0.204 e. The van der Waals surface area contributed by atoms with Crippen molar-refractivity contribution in [1.82, 2.24) is 9.55 Å². The minimum atomic E-state index is 0.160. The molecule has 2 atom stereocenters. The smallest absolute Gasteiger partial charge is 0.204 e. The van der Waals surface area contributed by atoms with Crippen LogP contribution < -0.4 is 10.1 Å². The number of halogens is 1. The maximum atomic E-state index is 6.10. The van der Waals surface area contributed by atoms with Gasteiger partial charge in [0.2, 0.25) is 5.95 Å². The number of para-hydroxylation sites is 2. The predicted molar refractivity (Wildman–Crippen MR) is 118 cm³/mol. The van der Waals surface area contributed by atoms with E-state index in [9.17, 15) is 0 Å². The Bertz CT molecular complexity index is 1140. The Hall–Kier alpha value is -2.98. The van der Waals surface area contributed by atoms with Crippen molar-refractivity contribution in [2.45, 2.75) is 25.4 Å². The molecular weight excluding hydrogens is 382 g/mol. The van der Waals surface area contributed by atoms with Gasteiger partial charge in [0.05, 0.1) is 29.7 Å². The molecule has 5 rings (SSSR count). The molecule has 0 radical (unpaired) electrons. The zero-order chi connectivity index (χ0) is 19.8. The topological polar surface area (TPSA) is 39.1 Å². The van der Waals surface area contributed by atoms with E-state index in [1.54, 1.807) is 0 Å². The maximum absolute atomic E-state index is 6.10. The van der Waals surface area contributed by atoms with Crippen LogP contribution in [0.25, 0.3) is 11.0 Å². The Labute approximate surface area is 175 Å². The van der Waals surface area contributed by atoms with E-state index in [0.717, 1.165) is 34.2 Å². The van der Waals surface area contributed by atoms with Crippen LogP contribution in [-0.2, 0) is 0 Å². The lowest BCUT2D eigenvalue weighted by atomic mass is 9.93. The third-order valence-corrected chi connectivity index (χ3v) is 5.77. The van der Waals surface area contributed by atoms with Crippen LogP contribution in [0.3, 0.4) is 0 Å². The summed E-state index contributed by atoms with van der Waals surface area (Å²) >= 11 is 6.10. The molecule has 146 valence electrons. The van der Waals surface area contributed by atoms with Crippen molar-refractivity contribution < 1.29 is 4.74 Å². The fourth-order valence-electron chi connectivity index (χ4n) is 4.16. The fourth-order valence-corrected chi connectivity index (χ4v) is 4.28. The molecule has 0 saturated heterocycles. The molecule has 5 heteroatoms. The highest BCUT2D eigenvalue weighted by atomic mass is 35.5. The second kappa shape index (κ2) is 7.45. The molecule has 3 aromatic carbocycles. The first-order valence-corrected chi connectivity index (χ1v) is 10.3. The molecule has 0 unspecified atom stereocenters. The van der Waals surface area contributed by atoms with Crippen molar-refractivity contribution in [2.75, 3.05) is 11.9 Å². The van der Waals surface area contributed by atoms with E-state index < -0.39 is 0 Å². The average Bonchev–Trinajstić information content (AvgIpc) is 3.13. The van der Waals surface area contributed by atoms with E-state index in [1.165, 1.54) is 11.1 Å². The SMILES string of the molecule is CCOc1ccc([C@H]2C[C@@H](c3ccc(Cl)cc3)Nc3nc4ccccc4n32)cc1. The van der Waals surface area contributed by atoms with Gasteiger partial charge < -0.3 is 14.6 Å². The van der Waals surface area contributed by atoms with Crippen LogP contribution >= 0.6 is 11.6 Å². The number of anilines is 1. The number of fused-ring (bicyclic) bond motifs is 3. The lowest BCUT2D eigenvalue weighted by Crippen LogP contribution is -2.27. The molecule has 1 N–H and O–H groups in total. The fraction of sp³-hybridized carbons (Fsp3) is 0.208. The Morgan fingerprint density at radius 2 is 1.72 bits per heavy atom. The molecule has 0 amide bonds. The van der Waals surface area contributed by atoms with Gasteiger partial charge in [-0.1, -0.05) is 48.0 Å². The van der Waals surface area contributed by atoms with Crippen LogP contribution in [0.15, 0.2) is 72.8 Å². The molecule has 0 spiro atoms. The quantitative estimate of drug-likeness (QED) is 0.438. The summed E-state index contributed by atoms with van der Waals surface area (Å²) in [5.41, 5.74) is 4.60. The van der Waals surface area contributed by atoms with Gasteiger partial charge in [0.1, 0.15) is 5.75 Å². The Morgan fingerprint density at radius 3 is 2.48 bits per heavy atom. The number of aromatic nitrogens is 2. The van der Waals surface area contributed by atoms with Crippen LogP contribution in [0.5, 0.6) is 5.75 Å². The normalized spacial score (nSPS) is 18.3. The van der Waals surface area contributed by atoms with Gasteiger partial charge in [0, 0.05) is 5.02 Å². The molecule has 1 aliphatic rings. The molecule has 0 saturated carbocycles. The summed E-state index contributed by atoms with van der Waals surface area (Å²) < 4.78 is 7.95. The van der Waals surface area contributed by atoms with E-state index >= 15 is 0 Å². The summed E-state index contributed by atoms with van der Waals surface area (Å²) in [6, 6.07) is 25.1. The molecule has 4 aromatic rings. The van der Waals surface area contributed by atoms with E-state index in [1.807, 2.05) is 25.1 Å². The summed E-state index contributed by atoms with van der Waals surface area (Å²) in [5.74, 6) is 1.80. The lowest BCUT2D eigenvalue weighted by molar-refractivity contribution is 0.340. The van der Waals surface area contributed by atoms with Crippen molar-refractivity contribution in [3.05, 3.63) is 88.9 Å². The number of ether oxygens (including phenoxy) is 1. The summed E-state index contributed by atoms with van der Waals surface area (Å²) in [7, 11) is 0. The molecule has 0 aliphatic carbocycles. The molecule has 1 aliphatic heterocycles. The number of nitrogens with zero attached hydrogens (tertiary/aromatic N) is 2. The second-order valence-electron chi connectivity index (χ2n) is 7.30. The molecule has 29 heavy (non-hydrogen) atoms. The van der Waals surface area contributed by atoms with Crippen LogP contribution in [0.4, 0.5) is 5.95 Å². The first kappa shape index (κ1) is 18.1. The number of imidazole rings is 1. The van der Waals surface area contributed by atoms with Gasteiger partial charge in [-0.25, -0.2) is 4.98 Å². The molecule has 0 fully saturated rings. The van der Waals surface area contributed by atoms with Gasteiger partial charge >= 0.3 is 0 Å². The van der Waals surface area contributed by atoms with Crippen molar-refractivity contribution in [2.24, 2.45) is 0 Å². The van der Waals surface area contributed by atoms with Crippen LogP contribution in [0, 0.1) is 0 Å². The van der Waals surface area contributed by atoms with Crippen molar-refractivity contribution in [3.63, 3.8) is 0 Å². The molecule has 2 heterocycles.